The van der Waals surface area contributed by atoms with Gasteiger partial charge in [-0.2, -0.15) is 23.1 Å². The van der Waals surface area contributed by atoms with Crippen LogP contribution in [0.2, 0.25) is 10.0 Å². The van der Waals surface area contributed by atoms with Crippen LogP contribution in [0.5, 0.6) is 0 Å². The Bertz CT molecular complexity index is 1430. The molecule has 0 bridgehead atoms. The number of amides is 1. The number of benzene rings is 1. The summed E-state index contributed by atoms with van der Waals surface area (Å²) in [5.74, 6) is -0.231. The predicted molar refractivity (Wildman–Crippen MR) is 136 cm³/mol. The number of aromatic amines is 1. The van der Waals surface area contributed by atoms with E-state index in [0.29, 0.717) is 6.54 Å². The van der Waals surface area contributed by atoms with Gasteiger partial charge in [0.05, 0.1) is 14.9 Å². The Morgan fingerprint density at radius 3 is 2.63 bits per heavy atom. The number of likely N-dealkylation sites (tertiary alicyclic amines) is 1. The summed E-state index contributed by atoms with van der Waals surface area (Å²) in [6.07, 6.45) is -2.68. The van der Waals surface area contributed by atoms with Crippen LogP contribution >= 0.6 is 34.5 Å². The van der Waals surface area contributed by atoms with Crippen LogP contribution in [0.3, 0.4) is 0 Å². The molecule has 0 aliphatic carbocycles. The molecule has 1 fully saturated rings. The molecule has 0 radical (unpaired) electrons. The highest BCUT2D eigenvalue weighted by Crippen LogP contribution is 2.43. The van der Waals surface area contributed by atoms with Crippen molar-refractivity contribution < 1.29 is 26.4 Å². The smallest absolute Gasteiger partial charge is 0.335 e. The van der Waals surface area contributed by atoms with Gasteiger partial charge in [0.15, 0.2) is 5.01 Å². The van der Waals surface area contributed by atoms with E-state index >= 15 is 0 Å². The SMILES string of the molecule is CCC(NS(=O)(=O)c1ccc(-c2sc(-c3nn[nH]n3)nc2C(=O)N2CCCCC2C)c(Cl)c1Cl)C(F)(F)F. The van der Waals surface area contributed by atoms with Gasteiger partial charge in [-0.25, -0.2) is 13.4 Å². The molecule has 2 atom stereocenters. The highest BCUT2D eigenvalue weighted by Gasteiger charge is 2.41. The van der Waals surface area contributed by atoms with Gasteiger partial charge in [-0.3, -0.25) is 4.79 Å². The average molecular weight is 612 g/mol. The highest BCUT2D eigenvalue weighted by atomic mass is 35.5. The summed E-state index contributed by atoms with van der Waals surface area (Å²) in [5.41, 5.74) is 0.220. The number of hydrogen-bond acceptors (Lipinski definition) is 8. The Balaban J connectivity index is 1.79. The molecule has 3 heterocycles. The molecule has 2 N–H and O–H groups in total. The first-order valence-electron chi connectivity index (χ1n) is 11.5. The molecule has 1 saturated heterocycles. The lowest BCUT2D eigenvalue weighted by Gasteiger charge is -2.33. The zero-order valence-corrected chi connectivity index (χ0v) is 23.2. The van der Waals surface area contributed by atoms with E-state index in [0.717, 1.165) is 36.7 Å². The molecule has 2 unspecified atom stereocenters. The summed E-state index contributed by atoms with van der Waals surface area (Å²) in [6, 6.07) is -0.0177. The van der Waals surface area contributed by atoms with E-state index in [1.807, 2.05) is 6.92 Å². The van der Waals surface area contributed by atoms with Gasteiger partial charge in [0.2, 0.25) is 15.8 Å². The third kappa shape index (κ3) is 5.66. The van der Waals surface area contributed by atoms with Crippen LogP contribution in [0.4, 0.5) is 13.2 Å². The van der Waals surface area contributed by atoms with E-state index in [1.165, 1.54) is 13.0 Å². The molecule has 2 aromatic heterocycles. The second-order valence-corrected chi connectivity index (χ2v) is 12.1. The first-order chi connectivity index (χ1) is 17.8. The zero-order valence-electron chi connectivity index (χ0n) is 20.0. The fourth-order valence-corrected chi connectivity index (χ4v) is 7.32. The Morgan fingerprint density at radius 1 is 1.29 bits per heavy atom. The van der Waals surface area contributed by atoms with Crippen LogP contribution < -0.4 is 4.72 Å². The van der Waals surface area contributed by atoms with Crippen molar-refractivity contribution in [2.45, 2.75) is 62.7 Å². The summed E-state index contributed by atoms with van der Waals surface area (Å²) in [5, 5.41) is 13.1. The molecule has 0 saturated carbocycles. The molecule has 1 aliphatic heterocycles. The number of carbonyl (C=O) groups excluding carboxylic acids is 1. The Morgan fingerprint density at radius 2 is 2.03 bits per heavy atom. The van der Waals surface area contributed by atoms with Crippen molar-refractivity contribution in [1.29, 1.82) is 0 Å². The van der Waals surface area contributed by atoms with Crippen molar-refractivity contribution in [3.63, 3.8) is 0 Å². The zero-order chi connectivity index (χ0) is 27.8. The molecular weight excluding hydrogens is 590 g/mol. The van der Waals surface area contributed by atoms with E-state index in [2.05, 4.69) is 25.6 Å². The Hall–Kier alpha value is -2.33. The lowest BCUT2D eigenvalue weighted by atomic mass is 10.0. The van der Waals surface area contributed by atoms with Crippen molar-refractivity contribution in [3.8, 4) is 21.3 Å². The summed E-state index contributed by atoms with van der Waals surface area (Å²) < 4.78 is 66.8. The third-order valence-electron chi connectivity index (χ3n) is 6.11. The van der Waals surface area contributed by atoms with Gasteiger partial charge in [-0.15, -0.1) is 21.5 Å². The van der Waals surface area contributed by atoms with Gasteiger partial charge >= 0.3 is 6.18 Å². The monoisotopic (exact) mass is 611 g/mol. The minimum Gasteiger partial charge on any atom is -0.335 e. The first kappa shape index (κ1) is 28.7. The second-order valence-electron chi connectivity index (χ2n) is 8.64. The van der Waals surface area contributed by atoms with E-state index in [1.54, 1.807) is 9.62 Å². The molecule has 0 spiro atoms. The standard InChI is InChI=1S/C21H22Cl2F3N7O3S2/c1-3-13(21(24,25)26)30-38(35,36)12-8-7-11(14(22)15(12)23)17-16(20(34)33-9-5-4-6-10(33)2)27-19(37-17)18-28-31-32-29-18/h7-8,10,13,30H,3-6,9H2,1-2H3,(H,28,29,31,32). The molecule has 17 heteroatoms. The van der Waals surface area contributed by atoms with Crippen molar-refractivity contribution in [1.82, 2.24) is 35.2 Å². The number of alkyl halides is 3. The van der Waals surface area contributed by atoms with E-state index in [9.17, 15) is 26.4 Å². The van der Waals surface area contributed by atoms with Crippen molar-refractivity contribution in [3.05, 3.63) is 27.9 Å². The number of hydrogen-bond donors (Lipinski definition) is 2. The van der Waals surface area contributed by atoms with Gasteiger partial charge in [-0.1, -0.05) is 36.2 Å². The van der Waals surface area contributed by atoms with Gasteiger partial charge in [-0.05, 0) is 43.9 Å². The Labute approximate surface area is 230 Å². The highest BCUT2D eigenvalue weighted by molar-refractivity contribution is 7.89. The Kier molecular flexibility index (Phi) is 8.33. The maximum atomic E-state index is 13.6. The average Bonchev–Trinajstić information content (AvgIpc) is 3.53. The summed E-state index contributed by atoms with van der Waals surface area (Å²) in [6.45, 7) is 3.67. The van der Waals surface area contributed by atoms with Crippen LogP contribution in [0.1, 0.15) is 50.0 Å². The third-order valence-corrected chi connectivity index (χ3v) is 9.70. The maximum Gasteiger partial charge on any atom is 0.404 e. The second kappa shape index (κ2) is 11.0. The number of carbonyl (C=O) groups is 1. The van der Waals surface area contributed by atoms with Crippen LogP contribution in [-0.2, 0) is 10.0 Å². The first-order valence-corrected chi connectivity index (χ1v) is 14.5. The van der Waals surface area contributed by atoms with Crippen LogP contribution in [0.15, 0.2) is 17.0 Å². The lowest BCUT2D eigenvalue weighted by Crippen LogP contribution is -2.44. The fraction of sp³-hybridized carbons (Fsp3) is 0.476. The topological polar surface area (TPSA) is 134 Å². The van der Waals surface area contributed by atoms with Crippen molar-refractivity contribution >= 4 is 50.5 Å². The number of thiazole rings is 1. The molecule has 38 heavy (non-hydrogen) atoms. The molecule has 3 aromatic rings. The van der Waals surface area contributed by atoms with Gasteiger partial charge in [0.1, 0.15) is 16.6 Å². The number of rotatable bonds is 7. The number of nitrogens with zero attached hydrogens (tertiary/aromatic N) is 5. The van der Waals surface area contributed by atoms with E-state index in [-0.39, 0.29) is 43.9 Å². The summed E-state index contributed by atoms with van der Waals surface area (Å²) in [4.78, 5) is 19.4. The van der Waals surface area contributed by atoms with Crippen LogP contribution in [-0.4, -0.2) is 69.6 Å². The molecule has 1 aliphatic rings. The molecule has 1 amide bonds. The van der Waals surface area contributed by atoms with Crippen LogP contribution in [0, 0.1) is 0 Å². The molecular formula is C21H22Cl2F3N7O3S2. The number of sulfonamides is 1. The summed E-state index contributed by atoms with van der Waals surface area (Å²) in [7, 11) is -4.69. The largest absolute Gasteiger partial charge is 0.404 e. The van der Waals surface area contributed by atoms with Gasteiger partial charge in [0.25, 0.3) is 5.91 Å². The number of halogens is 5. The fourth-order valence-electron chi connectivity index (χ4n) is 4.08. The minimum absolute atomic E-state index is 0.0303. The molecule has 206 valence electrons. The maximum absolute atomic E-state index is 13.6. The van der Waals surface area contributed by atoms with Crippen molar-refractivity contribution in [2.75, 3.05) is 6.54 Å². The normalized spacial score (nSPS) is 17.6. The molecule has 1 aromatic carbocycles. The lowest BCUT2D eigenvalue weighted by molar-refractivity contribution is -0.151. The number of tetrazole rings is 1. The van der Waals surface area contributed by atoms with Crippen molar-refractivity contribution in [2.24, 2.45) is 0 Å². The molecule has 4 rings (SSSR count). The molecule has 10 nitrogen and oxygen atoms in total. The van der Waals surface area contributed by atoms with Gasteiger partial charge in [0, 0.05) is 18.2 Å². The quantitative estimate of drug-likeness (QED) is 0.387. The minimum atomic E-state index is -4.80. The number of aromatic nitrogens is 5. The summed E-state index contributed by atoms with van der Waals surface area (Å²) >= 11 is 13.8. The van der Waals surface area contributed by atoms with Crippen LogP contribution in [0.25, 0.3) is 21.3 Å². The number of nitrogens with one attached hydrogen (secondary N) is 2. The number of piperidine rings is 1. The van der Waals surface area contributed by atoms with E-state index in [4.69, 9.17) is 23.2 Å². The van der Waals surface area contributed by atoms with Gasteiger partial charge < -0.3 is 4.90 Å². The van der Waals surface area contributed by atoms with E-state index < -0.39 is 38.6 Å². The predicted octanol–water partition coefficient (Wildman–Crippen LogP) is 4.93. The number of H-pyrrole nitrogens is 1.